The number of hydrogen-bond donors (Lipinski definition) is 1. The summed E-state index contributed by atoms with van der Waals surface area (Å²) in [5, 5.41) is 11.8. The van der Waals surface area contributed by atoms with Crippen LogP contribution in [0.4, 0.5) is 0 Å². The molecule has 306 valence electrons. The summed E-state index contributed by atoms with van der Waals surface area (Å²) >= 11 is 0. The molecule has 1 saturated carbocycles. The van der Waals surface area contributed by atoms with Gasteiger partial charge in [0.2, 0.25) is 0 Å². The molecular weight excluding hydrogens is 743 g/mol. The lowest BCUT2D eigenvalue weighted by Gasteiger charge is -2.22. The van der Waals surface area contributed by atoms with E-state index < -0.39 is 13.2 Å². The molecule has 1 fully saturated rings. The Morgan fingerprint density at radius 1 is 0.639 bits per heavy atom. The predicted octanol–water partition coefficient (Wildman–Crippen LogP) is 15.1. The van der Waals surface area contributed by atoms with Gasteiger partial charge in [-0.3, -0.25) is 9.55 Å². The zero-order valence-electron chi connectivity index (χ0n) is 41.1. The van der Waals surface area contributed by atoms with Crippen molar-refractivity contribution in [2.75, 3.05) is 0 Å². The Morgan fingerprint density at radius 3 is 2.13 bits per heavy atom. The van der Waals surface area contributed by atoms with Gasteiger partial charge in [0, 0.05) is 29.7 Å². The normalized spacial score (nSPS) is 15.3. The fourth-order valence-electron chi connectivity index (χ4n) is 8.71. The van der Waals surface area contributed by atoms with Crippen LogP contribution in [0.25, 0.3) is 72.7 Å². The zero-order chi connectivity index (χ0) is 46.8. The molecule has 4 heteroatoms. The van der Waals surface area contributed by atoms with Crippen molar-refractivity contribution in [3.05, 3.63) is 168 Å². The Balaban J connectivity index is 1.28. The molecule has 0 atom stereocenters. The maximum Gasteiger partial charge on any atom is 0.149 e. The van der Waals surface area contributed by atoms with E-state index in [0.717, 1.165) is 98.2 Å². The van der Waals surface area contributed by atoms with Crippen molar-refractivity contribution in [3.8, 4) is 67.5 Å². The van der Waals surface area contributed by atoms with Gasteiger partial charge in [-0.1, -0.05) is 158 Å². The molecular formula is C57H57N3O. The second-order valence-electron chi connectivity index (χ2n) is 18.7. The van der Waals surface area contributed by atoms with E-state index in [4.69, 9.17) is 14.1 Å². The fourth-order valence-corrected chi connectivity index (χ4v) is 8.71. The quantitative estimate of drug-likeness (QED) is 0.166. The van der Waals surface area contributed by atoms with Crippen LogP contribution >= 0.6 is 0 Å². The molecule has 6 aromatic carbocycles. The van der Waals surface area contributed by atoms with Crippen molar-refractivity contribution in [1.82, 2.24) is 14.5 Å². The second kappa shape index (κ2) is 16.0. The highest BCUT2D eigenvalue weighted by Gasteiger charge is 2.26. The number of phenols is 1. The summed E-state index contributed by atoms with van der Waals surface area (Å²) in [6.07, 6.45) is 4.14. The average molecular weight is 805 g/mol. The highest BCUT2D eigenvalue weighted by atomic mass is 16.3. The third-order valence-corrected chi connectivity index (χ3v) is 12.2. The lowest BCUT2D eigenvalue weighted by molar-refractivity contribution is 0.475. The highest BCUT2D eigenvalue weighted by molar-refractivity contribution is 5.97. The highest BCUT2D eigenvalue weighted by Crippen LogP contribution is 2.43. The molecule has 0 aliphatic heterocycles. The van der Waals surface area contributed by atoms with Gasteiger partial charge in [-0.15, -0.1) is 0 Å². The van der Waals surface area contributed by atoms with E-state index in [-0.39, 0.29) is 22.5 Å². The lowest BCUT2D eigenvalue weighted by Crippen LogP contribution is -2.11. The van der Waals surface area contributed by atoms with Crippen LogP contribution < -0.4 is 0 Å². The van der Waals surface area contributed by atoms with E-state index in [1.54, 1.807) is 24.4 Å². The molecule has 0 bridgehead atoms. The molecule has 0 amide bonds. The van der Waals surface area contributed by atoms with Crippen molar-refractivity contribution < 1.29 is 12.0 Å². The van der Waals surface area contributed by atoms with Crippen LogP contribution in [0.1, 0.15) is 96.3 Å². The minimum absolute atomic E-state index is 0.0439. The molecule has 2 heterocycles. The average Bonchev–Trinajstić information content (AvgIpc) is 3.98. The van der Waals surface area contributed by atoms with Gasteiger partial charge in [0.05, 0.1) is 28.0 Å². The van der Waals surface area contributed by atoms with Crippen molar-refractivity contribution in [1.29, 1.82) is 0 Å². The number of hydrogen-bond acceptors (Lipinski definition) is 3. The Bertz CT molecular complexity index is 3080. The summed E-state index contributed by atoms with van der Waals surface area (Å²) in [6.45, 7) is 10.9. The number of imidazole rings is 1. The van der Waals surface area contributed by atoms with Crippen molar-refractivity contribution in [2.45, 2.75) is 91.3 Å². The number of phenolic OH excluding ortho intramolecular Hbond substituents is 1. The Morgan fingerprint density at radius 2 is 1.39 bits per heavy atom. The number of aryl methyl sites for hydroxylation is 1. The third kappa shape index (κ3) is 8.16. The number of aromatic nitrogens is 3. The molecule has 1 N–H and O–H groups in total. The molecule has 0 unspecified atom stereocenters. The summed E-state index contributed by atoms with van der Waals surface area (Å²) in [5.74, 6) is 0.654. The molecule has 8 aromatic rings. The van der Waals surface area contributed by atoms with Gasteiger partial charge in [-0.2, -0.15) is 0 Å². The van der Waals surface area contributed by atoms with Crippen LogP contribution in [0.3, 0.4) is 0 Å². The van der Waals surface area contributed by atoms with Crippen molar-refractivity contribution in [3.63, 3.8) is 0 Å². The topological polar surface area (TPSA) is 50.9 Å². The van der Waals surface area contributed by atoms with E-state index in [9.17, 15) is 7.85 Å². The largest absolute Gasteiger partial charge is 0.507 e. The minimum Gasteiger partial charge on any atom is -0.507 e. The van der Waals surface area contributed by atoms with Crippen LogP contribution in [0, 0.1) is 12.8 Å². The van der Waals surface area contributed by atoms with Crippen LogP contribution in [0.2, 0.25) is 0 Å². The summed E-state index contributed by atoms with van der Waals surface area (Å²) in [4.78, 5) is 10.4. The molecule has 9 rings (SSSR count). The van der Waals surface area contributed by atoms with Gasteiger partial charge in [0.1, 0.15) is 11.6 Å². The second-order valence-corrected chi connectivity index (χ2v) is 18.7. The number of pyridine rings is 1. The molecule has 61 heavy (non-hydrogen) atoms. The van der Waals surface area contributed by atoms with Gasteiger partial charge in [-0.25, -0.2) is 4.98 Å². The number of aromatic hydroxyl groups is 1. The molecule has 2 aromatic heterocycles. The van der Waals surface area contributed by atoms with Crippen molar-refractivity contribution >= 4 is 11.0 Å². The van der Waals surface area contributed by atoms with E-state index in [1.165, 1.54) is 0 Å². The van der Waals surface area contributed by atoms with Gasteiger partial charge >= 0.3 is 0 Å². The molecule has 1 aliphatic carbocycles. The lowest BCUT2D eigenvalue weighted by atomic mass is 9.83. The Hall–Kier alpha value is -6.26. The van der Waals surface area contributed by atoms with Gasteiger partial charge in [0.25, 0.3) is 0 Å². The number of rotatable bonds is 8. The Kier molecular flexibility index (Phi) is 9.02. The Labute approximate surface area is 369 Å². The summed E-state index contributed by atoms with van der Waals surface area (Å²) < 4.78 is 44.5. The third-order valence-electron chi connectivity index (χ3n) is 12.2. The summed E-state index contributed by atoms with van der Waals surface area (Å²) in [6, 6.07) is 45.9. The molecule has 1 aliphatic rings. The number of benzene rings is 6. The first-order chi connectivity index (χ1) is 31.3. The molecule has 0 saturated heterocycles. The van der Waals surface area contributed by atoms with E-state index in [0.29, 0.717) is 22.5 Å². The number of nitrogens with zero attached hydrogens (tertiary/aromatic N) is 3. The van der Waals surface area contributed by atoms with E-state index >= 15 is 0 Å². The summed E-state index contributed by atoms with van der Waals surface area (Å²) in [7, 11) is 0. The SMILES string of the molecule is [2H]C([2H])([2H])c1ccc(-c2ccnc(-c3cc(-c4cccc5c4nc(-c4cc(C(C)(C)C)ccc4O)n5-c4ccc(C([2H])([2H])C5CCCC5)cc4-c4ccccc4)cc(C(C)(C)C)c3)c2)cc1. The molecule has 0 radical (unpaired) electrons. The van der Waals surface area contributed by atoms with Crippen LogP contribution in [0.15, 0.2) is 146 Å². The fraction of sp³-hybridized carbons (Fsp3) is 0.263. The van der Waals surface area contributed by atoms with Crippen molar-refractivity contribution in [2.24, 2.45) is 5.92 Å². The maximum atomic E-state index is 11.8. The zero-order valence-corrected chi connectivity index (χ0v) is 36.1. The van der Waals surface area contributed by atoms with Gasteiger partial charge < -0.3 is 5.11 Å². The standard InChI is InChI=1S/C57H57N3O/c1-37-20-23-40(24-21-37)42-28-29-58-50(35-42)44-32-43(33-46(34-44)57(5,6)7)47-18-13-19-52-54(47)59-55(49-36-45(56(2,3)4)25-27-53(49)61)60(52)51-26-22-39(30-38-14-11-12-15-38)31-48(51)41-16-9-8-10-17-41/h8-10,13,16-29,31-36,38,61H,11-12,14-15,30H2,1-7H3/i1D3,30D2. The monoisotopic (exact) mass is 804 g/mol. The smallest absolute Gasteiger partial charge is 0.149 e. The summed E-state index contributed by atoms with van der Waals surface area (Å²) in [5.41, 5.74) is 13.0. The predicted molar refractivity (Wildman–Crippen MR) is 256 cm³/mol. The van der Waals surface area contributed by atoms with E-state index in [2.05, 4.69) is 107 Å². The molecule has 4 nitrogen and oxygen atoms in total. The van der Waals surface area contributed by atoms with Crippen LogP contribution in [-0.2, 0) is 17.2 Å². The first kappa shape index (κ1) is 34.5. The van der Waals surface area contributed by atoms with E-state index in [1.807, 2.05) is 60.7 Å². The number of fused-ring (bicyclic) bond motifs is 1. The van der Waals surface area contributed by atoms with Crippen LogP contribution in [0.5, 0.6) is 5.75 Å². The molecule has 0 spiro atoms. The van der Waals surface area contributed by atoms with Gasteiger partial charge in [0.15, 0.2) is 0 Å². The first-order valence-corrected chi connectivity index (χ1v) is 21.6. The number of para-hydroxylation sites is 1. The first-order valence-electron chi connectivity index (χ1n) is 24.1. The maximum absolute atomic E-state index is 11.8. The van der Waals surface area contributed by atoms with Gasteiger partial charge in [-0.05, 0) is 124 Å². The minimum atomic E-state index is -2.18. The van der Waals surface area contributed by atoms with Crippen LogP contribution in [-0.4, -0.2) is 19.6 Å².